The molecule has 1 fully saturated rings. The number of amides is 1. The standard InChI is InChI=1S/C16H25N3O/c1-4-14-16(20)19(12-8-11-18(2)3)15(17-14)13-9-6-5-7-10-13/h5-7,9-10,14-15,17H,4,8,11-12H2,1-3H3. The molecule has 1 saturated heterocycles. The number of rotatable bonds is 6. The highest BCUT2D eigenvalue weighted by molar-refractivity contribution is 5.84. The van der Waals surface area contributed by atoms with Crippen LogP contribution in [0.2, 0.25) is 0 Å². The molecule has 20 heavy (non-hydrogen) atoms. The first kappa shape index (κ1) is 15.0. The first-order valence-electron chi connectivity index (χ1n) is 7.39. The minimum Gasteiger partial charge on any atom is -0.322 e. The number of hydrogen-bond donors (Lipinski definition) is 1. The zero-order chi connectivity index (χ0) is 14.5. The Kier molecular flexibility index (Phi) is 5.15. The van der Waals surface area contributed by atoms with Gasteiger partial charge in [-0.1, -0.05) is 37.3 Å². The molecule has 4 nitrogen and oxygen atoms in total. The molecule has 4 heteroatoms. The number of carbonyl (C=O) groups is 1. The van der Waals surface area contributed by atoms with Crippen LogP contribution in [0, 0.1) is 0 Å². The number of carbonyl (C=O) groups excluding carboxylic acids is 1. The molecule has 1 aliphatic heterocycles. The largest absolute Gasteiger partial charge is 0.322 e. The first-order chi connectivity index (χ1) is 9.63. The molecule has 0 saturated carbocycles. The lowest BCUT2D eigenvalue weighted by Gasteiger charge is -2.25. The average Bonchev–Trinajstić information content (AvgIpc) is 2.76. The first-order valence-corrected chi connectivity index (χ1v) is 7.39. The highest BCUT2D eigenvalue weighted by Gasteiger charge is 2.37. The maximum Gasteiger partial charge on any atom is 0.241 e. The van der Waals surface area contributed by atoms with Crippen molar-refractivity contribution >= 4 is 5.91 Å². The third-order valence-corrected chi connectivity index (χ3v) is 3.78. The van der Waals surface area contributed by atoms with Crippen LogP contribution in [0.25, 0.3) is 0 Å². The number of nitrogens with one attached hydrogen (secondary N) is 1. The highest BCUT2D eigenvalue weighted by Crippen LogP contribution is 2.26. The van der Waals surface area contributed by atoms with Gasteiger partial charge in [-0.2, -0.15) is 0 Å². The maximum absolute atomic E-state index is 12.4. The Morgan fingerprint density at radius 3 is 2.55 bits per heavy atom. The van der Waals surface area contributed by atoms with Gasteiger partial charge in [0.15, 0.2) is 0 Å². The average molecular weight is 275 g/mol. The quantitative estimate of drug-likeness (QED) is 0.860. The van der Waals surface area contributed by atoms with Crippen LogP contribution in [-0.2, 0) is 4.79 Å². The van der Waals surface area contributed by atoms with E-state index in [9.17, 15) is 4.79 Å². The summed E-state index contributed by atoms with van der Waals surface area (Å²) in [6.07, 6.45) is 1.86. The second kappa shape index (κ2) is 6.86. The van der Waals surface area contributed by atoms with Crippen LogP contribution in [0.4, 0.5) is 0 Å². The highest BCUT2D eigenvalue weighted by atomic mass is 16.2. The second-order valence-electron chi connectivity index (χ2n) is 5.63. The molecule has 0 bridgehead atoms. The molecule has 0 radical (unpaired) electrons. The molecular formula is C16H25N3O. The van der Waals surface area contributed by atoms with Crippen molar-refractivity contribution in [3.8, 4) is 0 Å². The van der Waals surface area contributed by atoms with Gasteiger partial charge in [-0.05, 0) is 39.0 Å². The lowest BCUT2D eigenvalue weighted by atomic mass is 10.1. The van der Waals surface area contributed by atoms with E-state index in [2.05, 4.69) is 43.4 Å². The predicted octanol–water partition coefficient (Wildman–Crippen LogP) is 1.85. The van der Waals surface area contributed by atoms with Crippen LogP contribution < -0.4 is 5.32 Å². The van der Waals surface area contributed by atoms with E-state index in [0.29, 0.717) is 0 Å². The van der Waals surface area contributed by atoms with Crippen molar-refractivity contribution in [2.75, 3.05) is 27.2 Å². The van der Waals surface area contributed by atoms with E-state index < -0.39 is 0 Å². The van der Waals surface area contributed by atoms with Gasteiger partial charge in [-0.3, -0.25) is 10.1 Å². The van der Waals surface area contributed by atoms with Gasteiger partial charge in [0.05, 0.1) is 6.04 Å². The molecular weight excluding hydrogens is 250 g/mol. The SMILES string of the molecule is CCC1NC(c2ccccc2)N(CCCN(C)C)C1=O. The fourth-order valence-electron chi connectivity index (χ4n) is 2.68. The van der Waals surface area contributed by atoms with Gasteiger partial charge in [0.25, 0.3) is 0 Å². The Labute approximate surface area is 121 Å². The second-order valence-corrected chi connectivity index (χ2v) is 5.63. The summed E-state index contributed by atoms with van der Waals surface area (Å²) in [4.78, 5) is 16.6. The molecule has 2 atom stereocenters. The fraction of sp³-hybridized carbons (Fsp3) is 0.562. The molecule has 1 aliphatic rings. The van der Waals surface area contributed by atoms with Gasteiger partial charge in [0.1, 0.15) is 6.17 Å². The van der Waals surface area contributed by atoms with Gasteiger partial charge < -0.3 is 9.80 Å². The minimum absolute atomic E-state index is 0.0239. The lowest BCUT2D eigenvalue weighted by Crippen LogP contribution is -2.33. The van der Waals surface area contributed by atoms with Crippen molar-refractivity contribution < 1.29 is 4.79 Å². The minimum atomic E-state index is -0.0421. The van der Waals surface area contributed by atoms with Crippen molar-refractivity contribution in [1.82, 2.24) is 15.1 Å². The molecule has 110 valence electrons. The summed E-state index contributed by atoms with van der Waals surface area (Å²) in [7, 11) is 4.13. The van der Waals surface area contributed by atoms with Crippen molar-refractivity contribution in [1.29, 1.82) is 0 Å². The Morgan fingerprint density at radius 2 is 1.95 bits per heavy atom. The predicted molar refractivity (Wildman–Crippen MR) is 81.3 cm³/mol. The van der Waals surface area contributed by atoms with Crippen molar-refractivity contribution in [2.24, 2.45) is 0 Å². The number of hydrogen-bond acceptors (Lipinski definition) is 3. The van der Waals surface area contributed by atoms with E-state index in [1.54, 1.807) is 0 Å². The van der Waals surface area contributed by atoms with Crippen molar-refractivity contribution in [3.63, 3.8) is 0 Å². The van der Waals surface area contributed by atoms with Crippen molar-refractivity contribution in [3.05, 3.63) is 35.9 Å². The Balaban J connectivity index is 2.09. The van der Waals surface area contributed by atoms with Gasteiger partial charge in [0, 0.05) is 6.54 Å². The molecule has 0 aromatic heterocycles. The van der Waals surface area contributed by atoms with E-state index >= 15 is 0 Å². The maximum atomic E-state index is 12.4. The third kappa shape index (κ3) is 3.38. The molecule has 1 amide bonds. The summed E-state index contributed by atoms with van der Waals surface area (Å²) in [6.45, 7) is 3.86. The molecule has 2 unspecified atom stereocenters. The van der Waals surface area contributed by atoms with Crippen LogP contribution in [0.1, 0.15) is 31.5 Å². The molecule has 0 spiro atoms. The fourth-order valence-corrected chi connectivity index (χ4v) is 2.68. The van der Waals surface area contributed by atoms with Gasteiger partial charge in [-0.25, -0.2) is 0 Å². The van der Waals surface area contributed by atoms with Gasteiger partial charge in [0.2, 0.25) is 5.91 Å². The zero-order valence-electron chi connectivity index (χ0n) is 12.7. The molecule has 1 aromatic carbocycles. The smallest absolute Gasteiger partial charge is 0.241 e. The summed E-state index contributed by atoms with van der Waals surface area (Å²) >= 11 is 0. The molecule has 1 aromatic rings. The van der Waals surface area contributed by atoms with E-state index in [-0.39, 0.29) is 18.1 Å². The molecule has 2 rings (SSSR count). The van der Waals surface area contributed by atoms with Crippen LogP contribution in [0.3, 0.4) is 0 Å². The van der Waals surface area contributed by atoms with Crippen molar-refractivity contribution in [2.45, 2.75) is 32.0 Å². The monoisotopic (exact) mass is 275 g/mol. The summed E-state index contributed by atoms with van der Waals surface area (Å²) < 4.78 is 0. The molecule has 1 N–H and O–H groups in total. The summed E-state index contributed by atoms with van der Waals surface area (Å²) in [5.41, 5.74) is 1.17. The van der Waals surface area contributed by atoms with Crippen LogP contribution >= 0.6 is 0 Å². The molecule has 0 aliphatic carbocycles. The van der Waals surface area contributed by atoms with Gasteiger partial charge in [-0.15, -0.1) is 0 Å². The van der Waals surface area contributed by atoms with Gasteiger partial charge >= 0.3 is 0 Å². The molecule has 1 heterocycles. The summed E-state index contributed by atoms with van der Waals surface area (Å²) in [5.74, 6) is 0.236. The topological polar surface area (TPSA) is 35.6 Å². The van der Waals surface area contributed by atoms with E-state index in [1.165, 1.54) is 5.56 Å². The van der Waals surface area contributed by atoms with E-state index in [1.807, 2.05) is 23.1 Å². The Bertz CT molecular complexity index is 433. The zero-order valence-corrected chi connectivity index (χ0v) is 12.7. The van der Waals surface area contributed by atoms with E-state index in [0.717, 1.165) is 25.9 Å². The van der Waals surface area contributed by atoms with Crippen LogP contribution in [-0.4, -0.2) is 48.9 Å². The van der Waals surface area contributed by atoms with Crippen LogP contribution in [0.15, 0.2) is 30.3 Å². The summed E-state index contributed by atoms with van der Waals surface area (Å²) in [6, 6.07) is 10.2. The van der Waals surface area contributed by atoms with E-state index in [4.69, 9.17) is 0 Å². The summed E-state index contributed by atoms with van der Waals surface area (Å²) in [5, 5.41) is 3.46. The van der Waals surface area contributed by atoms with Crippen LogP contribution in [0.5, 0.6) is 0 Å². The number of nitrogens with zero attached hydrogens (tertiary/aromatic N) is 2. The normalized spacial score (nSPS) is 22.8. The third-order valence-electron chi connectivity index (χ3n) is 3.78. The Morgan fingerprint density at radius 1 is 1.25 bits per heavy atom. The number of benzene rings is 1. The Hall–Kier alpha value is -1.39. The lowest BCUT2D eigenvalue weighted by molar-refractivity contribution is -0.130.